The molecule has 3 nitrogen and oxygen atoms in total. The minimum absolute atomic E-state index is 0.0500. The van der Waals surface area contributed by atoms with Crippen LogP contribution in [0.4, 0.5) is 5.69 Å². The van der Waals surface area contributed by atoms with Gasteiger partial charge in [-0.1, -0.05) is 17.7 Å². The zero-order valence-corrected chi connectivity index (χ0v) is 11.7. The van der Waals surface area contributed by atoms with Crippen molar-refractivity contribution in [2.45, 2.75) is 12.5 Å². The Bertz CT molecular complexity index is 578. The highest BCUT2D eigenvalue weighted by Gasteiger charge is 2.12. The Morgan fingerprint density at radius 1 is 1.42 bits per heavy atom. The molecule has 1 aromatic heterocycles. The second kappa shape index (κ2) is 6.58. The first kappa shape index (κ1) is 13.9. The fourth-order valence-electron chi connectivity index (χ4n) is 1.80. The Labute approximate surface area is 121 Å². The maximum absolute atomic E-state index is 9.15. The first-order chi connectivity index (χ1) is 9.24. The van der Waals surface area contributed by atoms with Crippen molar-refractivity contribution in [3.63, 3.8) is 0 Å². The summed E-state index contributed by atoms with van der Waals surface area (Å²) in [5.41, 5.74) is 1.30. The summed E-state index contributed by atoms with van der Waals surface area (Å²) in [6.45, 7) is 0.111. The van der Waals surface area contributed by atoms with E-state index < -0.39 is 0 Å². The third kappa shape index (κ3) is 3.48. The molecule has 0 saturated carbocycles. The summed E-state index contributed by atoms with van der Waals surface area (Å²) < 4.78 is 0. The lowest BCUT2D eigenvalue weighted by molar-refractivity contribution is 0.280. The molecule has 0 radical (unpaired) electrons. The van der Waals surface area contributed by atoms with Crippen LogP contribution >= 0.6 is 22.9 Å². The summed E-state index contributed by atoms with van der Waals surface area (Å²) in [5, 5.41) is 23.8. The molecule has 0 aliphatic heterocycles. The van der Waals surface area contributed by atoms with Crippen LogP contribution in [0.2, 0.25) is 5.02 Å². The topological polar surface area (TPSA) is 56.0 Å². The molecule has 0 saturated heterocycles. The number of hydrogen-bond donors (Lipinski definition) is 2. The predicted octanol–water partition coefficient (Wildman–Crippen LogP) is 3.81. The highest BCUT2D eigenvalue weighted by atomic mass is 35.5. The van der Waals surface area contributed by atoms with Crippen molar-refractivity contribution in [1.29, 1.82) is 5.26 Å². The van der Waals surface area contributed by atoms with Crippen molar-refractivity contribution < 1.29 is 5.11 Å². The Morgan fingerprint density at radius 2 is 2.26 bits per heavy atom. The highest BCUT2D eigenvalue weighted by Crippen LogP contribution is 2.28. The van der Waals surface area contributed by atoms with Crippen LogP contribution in [-0.2, 0) is 0 Å². The van der Waals surface area contributed by atoms with Crippen molar-refractivity contribution >= 4 is 28.6 Å². The summed E-state index contributed by atoms with van der Waals surface area (Å²) in [7, 11) is 0. The van der Waals surface area contributed by atoms with Gasteiger partial charge in [-0.15, -0.1) is 11.3 Å². The number of aliphatic hydroxyl groups is 1. The number of thiophene rings is 1. The molecule has 2 N–H and O–H groups in total. The lowest BCUT2D eigenvalue weighted by Gasteiger charge is -2.18. The molecule has 0 aliphatic rings. The van der Waals surface area contributed by atoms with Gasteiger partial charge in [0.05, 0.1) is 16.6 Å². The van der Waals surface area contributed by atoms with Gasteiger partial charge in [0.2, 0.25) is 0 Å². The predicted molar refractivity (Wildman–Crippen MR) is 78.6 cm³/mol. The van der Waals surface area contributed by atoms with Crippen LogP contribution in [0, 0.1) is 11.3 Å². The van der Waals surface area contributed by atoms with Crippen molar-refractivity contribution in [3.8, 4) is 6.07 Å². The number of benzene rings is 1. The maximum Gasteiger partial charge on any atom is 0.101 e. The van der Waals surface area contributed by atoms with Crippen LogP contribution in [0.15, 0.2) is 35.7 Å². The lowest BCUT2D eigenvalue weighted by atomic mass is 10.1. The molecule has 5 heteroatoms. The van der Waals surface area contributed by atoms with Crippen molar-refractivity contribution in [1.82, 2.24) is 0 Å². The van der Waals surface area contributed by atoms with E-state index in [9.17, 15) is 0 Å². The van der Waals surface area contributed by atoms with E-state index in [4.69, 9.17) is 22.0 Å². The van der Waals surface area contributed by atoms with Gasteiger partial charge < -0.3 is 10.4 Å². The van der Waals surface area contributed by atoms with Gasteiger partial charge in [0.25, 0.3) is 0 Å². The van der Waals surface area contributed by atoms with E-state index in [0.29, 0.717) is 17.0 Å². The first-order valence-corrected chi connectivity index (χ1v) is 7.11. The molecule has 0 unspecified atom stereocenters. The van der Waals surface area contributed by atoms with Gasteiger partial charge in [-0.3, -0.25) is 0 Å². The fourth-order valence-corrected chi connectivity index (χ4v) is 2.84. The van der Waals surface area contributed by atoms with Crippen LogP contribution in [0.5, 0.6) is 0 Å². The summed E-state index contributed by atoms with van der Waals surface area (Å²) in [6, 6.07) is 11.3. The van der Waals surface area contributed by atoms with E-state index in [1.165, 1.54) is 0 Å². The Kier molecular flexibility index (Phi) is 4.80. The highest BCUT2D eigenvalue weighted by molar-refractivity contribution is 7.10. The number of anilines is 1. The summed E-state index contributed by atoms with van der Waals surface area (Å²) in [5.74, 6) is 0. The fraction of sp³-hybridized carbons (Fsp3) is 0.214. The Hall–Kier alpha value is -1.54. The van der Waals surface area contributed by atoms with Crippen molar-refractivity contribution in [2.75, 3.05) is 11.9 Å². The van der Waals surface area contributed by atoms with Crippen molar-refractivity contribution in [3.05, 3.63) is 51.2 Å². The van der Waals surface area contributed by atoms with E-state index >= 15 is 0 Å². The Balaban J connectivity index is 2.18. The van der Waals surface area contributed by atoms with E-state index in [2.05, 4.69) is 5.32 Å². The standard InChI is InChI=1S/C14H13ClN2OS/c15-12-8-11(4-3-10(12)9-16)17-13(5-6-18)14-2-1-7-19-14/h1-4,7-8,13,17-18H,5-6H2/t13-/m1/s1. The average molecular weight is 293 g/mol. The SMILES string of the molecule is N#Cc1ccc(N[C@H](CCO)c2cccs2)cc1Cl. The summed E-state index contributed by atoms with van der Waals surface area (Å²) in [6.07, 6.45) is 0.623. The number of nitrogens with one attached hydrogen (secondary N) is 1. The molecule has 1 heterocycles. The number of halogens is 1. The van der Waals surface area contributed by atoms with Crippen LogP contribution in [0.1, 0.15) is 22.9 Å². The molecule has 1 aromatic carbocycles. The zero-order valence-electron chi connectivity index (χ0n) is 10.1. The molecule has 1 atom stereocenters. The summed E-state index contributed by atoms with van der Waals surface area (Å²) in [4.78, 5) is 1.16. The Morgan fingerprint density at radius 3 is 2.84 bits per heavy atom. The van der Waals surface area contributed by atoms with Gasteiger partial charge in [0.1, 0.15) is 6.07 Å². The van der Waals surface area contributed by atoms with Crippen molar-refractivity contribution in [2.24, 2.45) is 0 Å². The van der Waals surface area contributed by atoms with Gasteiger partial charge in [0, 0.05) is 17.2 Å². The normalized spacial score (nSPS) is 11.8. The van der Waals surface area contributed by atoms with Gasteiger partial charge in [-0.05, 0) is 36.1 Å². The molecule has 0 aliphatic carbocycles. The smallest absolute Gasteiger partial charge is 0.101 e. The van der Waals surface area contributed by atoms with Gasteiger partial charge >= 0.3 is 0 Å². The van der Waals surface area contributed by atoms with Gasteiger partial charge in [-0.25, -0.2) is 0 Å². The molecule has 19 heavy (non-hydrogen) atoms. The quantitative estimate of drug-likeness (QED) is 0.881. The molecular formula is C14H13ClN2OS. The van der Waals surface area contributed by atoms with Crippen LogP contribution in [0.25, 0.3) is 0 Å². The zero-order chi connectivity index (χ0) is 13.7. The minimum atomic E-state index is 0.0500. The third-order valence-corrected chi connectivity index (χ3v) is 4.03. The average Bonchev–Trinajstić information content (AvgIpc) is 2.92. The second-order valence-corrected chi connectivity index (χ2v) is 5.42. The van der Waals surface area contributed by atoms with Crippen LogP contribution < -0.4 is 5.32 Å². The number of hydrogen-bond acceptors (Lipinski definition) is 4. The van der Waals surface area contributed by atoms with E-state index in [1.54, 1.807) is 23.5 Å². The molecule has 98 valence electrons. The maximum atomic E-state index is 9.15. The molecular weight excluding hydrogens is 280 g/mol. The lowest BCUT2D eigenvalue weighted by Crippen LogP contribution is -2.11. The van der Waals surface area contributed by atoms with E-state index in [-0.39, 0.29) is 12.6 Å². The van der Waals surface area contributed by atoms with Gasteiger partial charge in [0.15, 0.2) is 0 Å². The van der Waals surface area contributed by atoms with Gasteiger partial charge in [-0.2, -0.15) is 5.26 Å². The largest absolute Gasteiger partial charge is 0.396 e. The number of nitrogens with zero attached hydrogens (tertiary/aromatic N) is 1. The first-order valence-electron chi connectivity index (χ1n) is 5.85. The van der Waals surface area contributed by atoms with E-state index in [1.807, 2.05) is 29.6 Å². The number of rotatable bonds is 5. The molecule has 0 bridgehead atoms. The monoisotopic (exact) mass is 292 g/mol. The second-order valence-electron chi connectivity index (χ2n) is 4.03. The summed E-state index contributed by atoms with van der Waals surface area (Å²) >= 11 is 7.65. The van der Waals surface area contributed by atoms with E-state index in [0.717, 1.165) is 10.6 Å². The van der Waals surface area contributed by atoms with Crippen LogP contribution in [0.3, 0.4) is 0 Å². The molecule has 0 amide bonds. The number of aliphatic hydroxyl groups excluding tert-OH is 1. The van der Waals surface area contributed by atoms with Crippen LogP contribution in [-0.4, -0.2) is 11.7 Å². The molecule has 0 fully saturated rings. The number of nitriles is 1. The molecule has 0 spiro atoms. The molecule has 2 rings (SSSR count). The minimum Gasteiger partial charge on any atom is -0.396 e. The molecule has 2 aromatic rings. The third-order valence-electron chi connectivity index (χ3n) is 2.73.